The van der Waals surface area contributed by atoms with Gasteiger partial charge in [-0.3, -0.25) is 0 Å². The summed E-state index contributed by atoms with van der Waals surface area (Å²) >= 11 is 0. The molecule has 0 saturated carbocycles. The number of benzene rings is 1. The molecule has 0 amide bonds. The third-order valence-electron chi connectivity index (χ3n) is 2.98. The molecule has 0 aliphatic heterocycles. The lowest BCUT2D eigenvalue weighted by atomic mass is 10.1. The number of hydrogen-bond acceptors (Lipinski definition) is 2. The number of rotatable bonds is 5. The first kappa shape index (κ1) is 18.1. The molecule has 130 valence electrons. The molecule has 0 N–H and O–H groups in total. The molecule has 0 aliphatic rings. The highest BCUT2D eigenvalue weighted by Gasteiger charge is 2.50. The van der Waals surface area contributed by atoms with Gasteiger partial charge in [-0.25, -0.2) is 27.5 Å². The molecule has 1 aromatic heterocycles. The second kappa shape index (κ2) is 6.33. The van der Waals surface area contributed by atoms with Crippen LogP contribution in [-0.2, 0) is 11.8 Å². The van der Waals surface area contributed by atoms with Crippen LogP contribution in [-0.4, -0.2) is 22.8 Å². The van der Waals surface area contributed by atoms with Crippen LogP contribution in [0.2, 0.25) is 0 Å². The summed E-state index contributed by atoms with van der Waals surface area (Å²) in [7, 11) is 0. The molecular weight excluding hydrogens is 348 g/mol. The summed E-state index contributed by atoms with van der Waals surface area (Å²) in [6, 6.07) is 7.19. The molecule has 0 unspecified atom stereocenters. The summed E-state index contributed by atoms with van der Waals surface area (Å²) in [6.45, 7) is 0. The van der Waals surface area contributed by atoms with Crippen LogP contribution in [0.3, 0.4) is 0 Å². The van der Waals surface area contributed by atoms with Crippen molar-refractivity contribution in [2.45, 2.75) is 24.7 Å². The lowest BCUT2D eigenvalue weighted by Gasteiger charge is -2.19. The summed E-state index contributed by atoms with van der Waals surface area (Å²) in [6.07, 6.45) is -8.56. The first-order valence-corrected chi connectivity index (χ1v) is 6.34. The van der Waals surface area contributed by atoms with Crippen molar-refractivity contribution in [3.63, 3.8) is 0 Å². The van der Waals surface area contributed by atoms with E-state index in [2.05, 4.69) is 9.97 Å². The van der Waals surface area contributed by atoms with Gasteiger partial charge in [0.25, 0.3) is 0 Å². The highest BCUT2D eigenvalue weighted by Crippen LogP contribution is 2.38. The first-order valence-electron chi connectivity index (χ1n) is 6.34. The van der Waals surface area contributed by atoms with Crippen molar-refractivity contribution in [2.75, 3.05) is 0 Å². The van der Waals surface area contributed by atoms with Crippen molar-refractivity contribution in [1.82, 2.24) is 9.97 Å². The van der Waals surface area contributed by atoms with Crippen LogP contribution >= 0.6 is 0 Å². The molecule has 0 atom stereocenters. The van der Waals surface area contributed by atoms with Crippen molar-refractivity contribution < 1.29 is 35.1 Å². The van der Waals surface area contributed by atoms with Gasteiger partial charge in [-0.1, -0.05) is 30.3 Å². The lowest BCUT2D eigenvalue weighted by Crippen LogP contribution is -2.31. The van der Waals surface area contributed by atoms with Crippen molar-refractivity contribution >= 4 is 0 Å². The van der Waals surface area contributed by atoms with Crippen LogP contribution in [0.15, 0.2) is 36.4 Å². The topological polar surface area (TPSA) is 25.8 Å². The van der Waals surface area contributed by atoms with Crippen LogP contribution in [0.5, 0.6) is 0 Å². The quantitative estimate of drug-likeness (QED) is 0.716. The fourth-order valence-corrected chi connectivity index (χ4v) is 1.73. The molecule has 1 heterocycles. The molecule has 0 fully saturated rings. The van der Waals surface area contributed by atoms with E-state index in [0.717, 1.165) is 0 Å². The highest BCUT2D eigenvalue weighted by atomic mass is 19.3. The average molecular weight is 356 g/mol. The maximum absolute atomic E-state index is 13.5. The van der Waals surface area contributed by atoms with Gasteiger partial charge in [-0.15, -0.1) is 0 Å². The smallest absolute Gasteiger partial charge is 0.227 e. The summed E-state index contributed by atoms with van der Waals surface area (Å²) in [5, 5.41) is 0. The molecular formula is C14H8F8N2. The van der Waals surface area contributed by atoms with E-state index in [1.165, 1.54) is 30.3 Å². The molecule has 10 heteroatoms. The predicted octanol–water partition coefficient (Wildman–Crippen LogP) is 4.86. The Morgan fingerprint density at radius 1 is 0.750 bits per heavy atom. The molecule has 2 rings (SSSR count). The summed E-state index contributed by atoms with van der Waals surface area (Å²) in [5.74, 6) is -11.8. The maximum Gasteiger partial charge on any atom is 0.365 e. The summed E-state index contributed by atoms with van der Waals surface area (Å²) < 4.78 is 104. The second-order valence-electron chi connectivity index (χ2n) is 4.68. The molecule has 0 spiro atoms. The zero-order chi connectivity index (χ0) is 18.1. The molecule has 2 aromatic rings. The Kier molecular flexibility index (Phi) is 4.77. The zero-order valence-corrected chi connectivity index (χ0v) is 11.5. The van der Waals surface area contributed by atoms with Crippen molar-refractivity contribution in [2.24, 2.45) is 0 Å². The van der Waals surface area contributed by atoms with Crippen LogP contribution < -0.4 is 0 Å². The van der Waals surface area contributed by atoms with Crippen LogP contribution in [0.4, 0.5) is 35.1 Å². The van der Waals surface area contributed by atoms with Gasteiger partial charge in [-0.2, -0.15) is 17.6 Å². The normalized spacial score (nSPS) is 12.9. The van der Waals surface area contributed by atoms with Gasteiger partial charge in [0, 0.05) is 5.56 Å². The maximum atomic E-state index is 13.5. The van der Waals surface area contributed by atoms with Gasteiger partial charge in [0.05, 0.1) is 5.69 Å². The Balaban J connectivity index is 2.70. The van der Waals surface area contributed by atoms with Gasteiger partial charge >= 0.3 is 24.7 Å². The number of alkyl halides is 8. The minimum absolute atomic E-state index is 0.00228. The molecule has 1 aromatic carbocycles. The summed E-state index contributed by atoms with van der Waals surface area (Å²) in [5.41, 5.74) is -2.37. The second-order valence-corrected chi connectivity index (χ2v) is 4.68. The zero-order valence-electron chi connectivity index (χ0n) is 11.5. The van der Waals surface area contributed by atoms with Gasteiger partial charge < -0.3 is 0 Å². The van der Waals surface area contributed by atoms with Crippen LogP contribution in [0, 0.1) is 0 Å². The Labute approximate surface area is 130 Å². The average Bonchev–Trinajstić information content (AvgIpc) is 2.54. The van der Waals surface area contributed by atoms with Gasteiger partial charge in [0.2, 0.25) is 5.82 Å². The lowest BCUT2D eigenvalue weighted by molar-refractivity contribution is -0.147. The Hall–Kier alpha value is -2.26. The number of halogens is 8. The molecule has 0 radical (unpaired) electrons. The molecule has 2 nitrogen and oxygen atoms in total. The molecule has 24 heavy (non-hydrogen) atoms. The number of nitrogens with zero attached hydrogens (tertiary/aromatic N) is 2. The standard InChI is InChI=1S/C14H8F8N2/c15-10(16)13(19,20)9-6-8(7-4-2-1-3-5-7)23-12(24-9)14(21,22)11(17)18/h1-6,10-11H. The van der Waals surface area contributed by atoms with Crippen molar-refractivity contribution in [3.8, 4) is 11.3 Å². The van der Waals surface area contributed by atoms with Crippen molar-refractivity contribution in [3.05, 3.63) is 47.9 Å². The van der Waals surface area contributed by atoms with E-state index in [4.69, 9.17) is 0 Å². The van der Waals surface area contributed by atoms with E-state index in [1.54, 1.807) is 0 Å². The van der Waals surface area contributed by atoms with E-state index in [1.807, 2.05) is 0 Å². The van der Waals surface area contributed by atoms with Gasteiger partial charge in [0.15, 0.2) is 0 Å². The fourth-order valence-electron chi connectivity index (χ4n) is 1.73. The third kappa shape index (κ3) is 3.31. The Morgan fingerprint density at radius 2 is 1.29 bits per heavy atom. The van der Waals surface area contributed by atoms with E-state index >= 15 is 0 Å². The molecule has 0 bridgehead atoms. The minimum atomic E-state index is -4.97. The fraction of sp³-hybridized carbons (Fsp3) is 0.286. The number of hydrogen-bond donors (Lipinski definition) is 0. The Morgan fingerprint density at radius 3 is 1.79 bits per heavy atom. The minimum Gasteiger partial charge on any atom is -0.227 e. The van der Waals surface area contributed by atoms with E-state index < -0.39 is 41.9 Å². The van der Waals surface area contributed by atoms with E-state index in [9.17, 15) is 35.1 Å². The van der Waals surface area contributed by atoms with Crippen LogP contribution in [0.25, 0.3) is 11.3 Å². The van der Waals surface area contributed by atoms with Crippen molar-refractivity contribution in [1.29, 1.82) is 0 Å². The number of aromatic nitrogens is 2. The molecule has 0 saturated heterocycles. The Bertz CT molecular complexity index is 665. The highest BCUT2D eigenvalue weighted by molar-refractivity contribution is 5.59. The predicted molar refractivity (Wildman–Crippen MR) is 67.3 cm³/mol. The molecule has 0 aliphatic carbocycles. The third-order valence-corrected chi connectivity index (χ3v) is 2.98. The van der Waals surface area contributed by atoms with E-state index in [-0.39, 0.29) is 5.56 Å². The van der Waals surface area contributed by atoms with Gasteiger partial charge in [-0.05, 0) is 6.07 Å². The van der Waals surface area contributed by atoms with Gasteiger partial charge in [0.1, 0.15) is 5.69 Å². The largest absolute Gasteiger partial charge is 0.365 e. The first-order chi connectivity index (χ1) is 11.1. The SMILES string of the molecule is FC(F)C(F)(F)c1cc(-c2ccccc2)nc(C(F)(F)C(F)F)n1. The van der Waals surface area contributed by atoms with E-state index in [0.29, 0.717) is 6.07 Å². The monoisotopic (exact) mass is 356 g/mol. The van der Waals surface area contributed by atoms with Crippen LogP contribution in [0.1, 0.15) is 11.5 Å². The summed E-state index contributed by atoms with van der Waals surface area (Å²) in [4.78, 5) is 5.72.